The summed E-state index contributed by atoms with van der Waals surface area (Å²) >= 11 is 0. The monoisotopic (exact) mass is 513 g/mol. The second kappa shape index (κ2) is 9.54. The summed E-state index contributed by atoms with van der Waals surface area (Å²) in [5, 5.41) is 4.43. The van der Waals surface area contributed by atoms with Gasteiger partial charge in [-0.15, -0.1) is 0 Å². The normalized spacial score (nSPS) is 16.6. The summed E-state index contributed by atoms with van der Waals surface area (Å²) in [6.45, 7) is 1.12. The van der Waals surface area contributed by atoms with E-state index >= 15 is 4.39 Å². The van der Waals surface area contributed by atoms with Crippen molar-refractivity contribution in [3.05, 3.63) is 65.0 Å². The van der Waals surface area contributed by atoms with E-state index in [0.29, 0.717) is 29.7 Å². The zero-order chi connectivity index (χ0) is 25.4. The first kappa shape index (κ1) is 24.3. The van der Waals surface area contributed by atoms with Gasteiger partial charge in [0.15, 0.2) is 11.2 Å². The molecule has 1 unspecified atom stereocenters. The Hall–Kier alpha value is -3.45. The molecule has 1 saturated heterocycles. The highest BCUT2D eigenvalue weighted by molar-refractivity contribution is 7.90. The van der Waals surface area contributed by atoms with Gasteiger partial charge in [0.1, 0.15) is 0 Å². The average molecular weight is 514 g/mol. The fourth-order valence-electron chi connectivity index (χ4n) is 4.10. The number of nitrogens with one attached hydrogen (secondary N) is 1. The first-order valence-electron chi connectivity index (χ1n) is 11.2. The Morgan fingerprint density at radius 3 is 2.72 bits per heavy atom. The van der Waals surface area contributed by atoms with E-state index in [4.69, 9.17) is 9.47 Å². The largest absolute Gasteiger partial charge is 0.376 e. The summed E-state index contributed by atoms with van der Waals surface area (Å²) in [6.07, 6.45) is 4.61. The number of halogens is 1. The lowest BCUT2D eigenvalue weighted by molar-refractivity contribution is -0.0908. The lowest BCUT2D eigenvalue weighted by Gasteiger charge is -2.27. The highest BCUT2D eigenvalue weighted by atomic mass is 32.2. The smallest absolute Gasteiger partial charge is 0.301 e. The minimum Gasteiger partial charge on any atom is -0.376 e. The molecule has 2 aromatic heterocycles. The fraction of sp³-hybridized carbons (Fsp3) is 0.292. The Bertz CT molecular complexity index is 1620. The molecule has 3 heterocycles. The van der Waals surface area contributed by atoms with Crippen LogP contribution in [0.4, 0.5) is 10.1 Å². The molecule has 1 aliphatic rings. The van der Waals surface area contributed by atoms with Crippen LogP contribution in [0.15, 0.2) is 53.7 Å². The number of aryl methyl sites for hydroxylation is 1. The Labute approximate surface area is 206 Å². The zero-order valence-electron chi connectivity index (χ0n) is 19.6. The van der Waals surface area contributed by atoms with Crippen molar-refractivity contribution in [1.29, 1.82) is 0 Å². The summed E-state index contributed by atoms with van der Waals surface area (Å²) in [7, 11) is -1.00. The molecule has 1 atom stereocenters. The van der Waals surface area contributed by atoms with Crippen LogP contribution in [0.3, 0.4) is 0 Å². The highest BCUT2D eigenvalue weighted by Crippen LogP contribution is 2.26. The minimum atomic E-state index is -4.13. The van der Waals surface area contributed by atoms with Gasteiger partial charge in [-0.1, -0.05) is 12.1 Å². The van der Waals surface area contributed by atoms with E-state index < -0.39 is 27.6 Å². The number of benzene rings is 1. The quantitative estimate of drug-likeness (QED) is 0.421. The molecule has 1 N–H and O–H groups in total. The van der Waals surface area contributed by atoms with Crippen LogP contribution < -0.4 is 10.2 Å². The summed E-state index contributed by atoms with van der Waals surface area (Å²) in [6, 6.07) is 7.65. The molecule has 0 saturated carbocycles. The number of ether oxygens (including phenoxy) is 2. The zero-order valence-corrected chi connectivity index (χ0v) is 20.5. The number of hydrogen-bond donors (Lipinski definition) is 1. The summed E-state index contributed by atoms with van der Waals surface area (Å²) in [5.41, 5.74) is 0.872. The molecule has 36 heavy (non-hydrogen) atoms. The van der Waals surface area contributed by atoms with Gasteiger partial charge in [-0.25, -0.2) is 4.39 Å². The van der Waals surface area contributed by atoms with Gasteiger partial charge in [-0.2, -0.15) is 17.8 Å². The lowest BCUT2D eigenvalue weighted by Crippen LogP contribution is -2.42. The van der Waals surface area contributed by atoms with Crippen LogP contribution in [0.5, 0.6) is 0 Å². The molecule has 188 valence electrons. The van der Waals surface area contributed by atoms with Crippen molar-refractivity contribution in [3.63, 3.8) is 0 Å². The van der Waals surface area contributed by atoms with Gasteiger partial charge in [0.2, 0.25) is 0 Å². The van der Waals surface area contributed by atoms with E-state index in [9.17, 15) is 13.2 Å². The molecular weight excluding hydrogens is 489 g/mol. The van der Waals surface area contributed by atoms with Gasteiger partial charge in [0.25, 0.3) is 0 Å². The topological polar surface area (TPSA) is 116 Å². The van der Waals surface area contributed by atoms with Crippen LogP contribution in [0.2, 0.25) is 0 Å². The van der Waals surface area contributed by atoms with Crippen molar-refractivity contribution in [2.24, 2.45) is 7.05 Å². The molecular formula is C24H24FN5O5S. The molecule has 1 aliphatic heterocycles. The van der Waals surface area contributed by atoms with Gasteiger partial charge in [-0.05, 0) is 23.6 Å². The van der Waals surface area contributed by atoms with Crippen molar-refractivity contribution in [1.82, 2.24) is 19.1 Å². The van der Waals surface area contributed by atoms with Crippen LogP contribution in [0.25, 0.3) is 32.8 Å². The van der Waals surface area contributed by atoms with Gasteiger partial charge < -0.3 is 9.47 Å². The molecule has 0 amide bonds. The number of likely N-dealkylation sites (N-methyl/N-ethyl adjacent to an activating group) is 1. The van der Waals surface area contributed by atoms with E-state index in [1.807, 2.05) is 0 Å². The maximum absolute atomic E-state index is 15.7. The molecule has 2 aromatic carbocycles. The van der Waals surface area contributed by atoms with Crippen LogP contribution in [0.1, 0.15) is 0 Å². The first-order valence-corrected chi connectivity index (χ1v) is 12.6. The third kappa shape index (κ3) is 4.67. The summed E-state index contributed by atoms with van der Waals surface area (Å²) < 4.78 is 57.2. The maximum atomic E-state index is 15.7. The summed E-state index contributed by atoms with van der Waals surface area (Å²) in [4.78, 5) is 17.9. The fourth-order valence-corrected chi connectivity index (χ4v) is 5.06. The van der Waals surface area contributed by atoms with E-state index in [1.54, 1.807) is 48.5 Å². The summed E-state index contributed by atoms with van der Waals surface area (Å²) in [5.74, 6) is -0.962. The van der Waals surface area contributed by atoms with Crippen molar-refractivity contribution in [2.75, 3.05) is 38.1 Å². The highest BCUT2D eigenvalue weighted by Gasteiger charge is 2.25. The molecule has 4 aromatic rings. The molecule has 0 aliphatic carbocycles. The second-order valence-corrected chi connectivity index (χ2v) is 10.3. The number of pyridine rings is 1. The van der Waals surface area contributed by atoms with E-state index in [1.165, 1.54) is 19.2 Å². The number of hydrogen-bond acceptors (Lipinski definition) is 7. The molecule has 5 rings (SSSR count). The van der Waals surface area contributed by atoms with Crippen molar-refractivity contribution in [2.45, 2.75) is 6.10 Å². The van der Waals surface area contributed by atoms with Gasteiger partial charge in [0.05, 0.1) is 48.7 Å². The Morgan fingerprint density at radius 1 is 1.19 bits per heavy atom. The number of nitrogens with zero attached hydrogens (tertiary/aromatic N) is 4. The number of aromatic nitrogens is 3. The van der Waals surface area contributed by atoms with E-state index in [-0.39, 0.29) is 29.6 Å². The predicted molar refractivity (Wildman–Crippen MR) is 133 cm³/mol. The standard InChI is InChI=1S/C24H24FN5O5S/c1-29-12-17(11-27-29)16-9-19-20(26-10-16)5-3-15-4-6-21(23(25)22(15)24(19)31)28-36(32,33)30(2)13-18-14-34-7-8-35-18/h3-6,9-12,18,28H,7-8,13-14H2,1-2H3. The van der Waals surface area contributed by atoms with E-state index in [2.05, 4.69) is 14.8 Å². The number of rotatable bonds is 6. The lowest BCUT2D eigenvalue weighted by atomic mass is 10.1. The molecule has 12 heteroatoms. The van der Waals surface area contributed by atoms with Crippen molar-refractivity contribution < 1.29 is 22.3 Å². The maximum Gasteiger partial charge on any atom is 0.301 e. The van der Waals surface area contributed by atoms with Gasteiger partial charge >= 0.3 is 10.2 Å². The van der Waals surface area contributed by atoms with Gasteiger partial charge in [-0.3, -0.25) is 19.2 Å². The third-order valence-corrected chi connectivity index (χ3v) is 7.47. The molecule has 0 radical (unpaired) electrons. The first-order chi connectivity index (χ1) is 17.2. The van der Waals surface area contributed by atoms with Crippen LogP contribution >= 0.6 is 0 Å². The van der Waals surface area contributed by atoms with Crippen molar-refractivity contribution >= 4 is 37.6 Å². The molecule has 0 bridgehead atoms. The average Bonchev–Trinajstić information content (AvgIpc) is 3.24. The Kier molecular flexibility index (Phi) is 6.43. The Morgan fingerprint density at radius 2 is 2.00 bits per heavy atom. The third-order valence-electron chi connectivity index (χ3n) is 6.02. The Balaban J connectivity index is 1.54. The molecule has 1 fully saturated rings. The van der Waals surface area contributed by atoms with Crippen LogP contribution in [-0.2, 0) is 26.7 Å². The van der Waals surface area contributed by atoms with Gasteiger partial charge in [0, 0.05) is 49.5 Å². The van der Waals surface area contributed by atoms with Crippen molar-refractivity contribution in [3.8, 4) is 11.1 Å². The van der Waals surface area contributed by atoms with Crippen LogP contribution in [-0.4, -0.2) is 67.0 Å². The van der Waals surface area contributed by atoms with Crippen LogP contribution in [0, 0.1) is 5.82 Å². The van der Waals surface area contributed by atoms with E-state index in [0.717, 1.165) is 9.87 Å². The SMILES string of the molecule is CN(CC1COCCO1)S(=O)(=O)Nc1ccc2ccc3ncc(-c4cnn(C)c4)cc3c(=O)c2c1F. The number of anilines is 1. The predicted octanol–water partition coefficient (Wildman–Crippen LogP) is 2.29. The minimum absolute atomic E-state index is 0.0275. The molecule has 10 nitrogen and oxygen atoms in total. The second-order valence-electron chi connectivity index (χ2n) is 8.57. The number of fused-ring (bicyclic) bond motifs is 2. The molecule has 0 spiro atoms.